The topological polar surface area (TPSA) is 93.7 Å². The van der Waals surface area contributed by atoms with Crippen LogP contribution in [0, 0.1) is 0 Å². The van der Waals surface area contributed by atoms with Gasteiger partial charge in [0, 0.05) is 18.4 Å². The second-order valence-corrected chi connectivity index (χ2v) is 4.99. The Balaban J connectivity index is 1.90. The largest absolute Gasteiger partial charge is 0.465 e. The number of hydrogen-bond acceptors (Lipinski definition) is 6. The summed E-state index contributed by atoms with van der Waals surface area (Å²) in [5, 5.41) is 5.46. The van der Waals surface area contributed by atoms with E-state index in [1.807, 2.05) is 0 Å². The fourth-order valence-corrected chi connectivity index (χ4v) is 2.09. The van der Waals surface area contributed by atoms with Crippen molar-refractivity contribution >= 4 is 29.2 Å². The molecule has 2 rings (SSSR count). The number of nitrogens with one attached hydrogen (secondary N) is 2. The van der Waals surface area contributed by atoms with Crippen LogP contribution < -0.4 is 10.6 Å². The zero-order valence-corrected chi connectivity index (χ0v) is 13.9. The number of ether oxygens (including phenoxy) is 2. The van der Waals surface area contributed by atoms with Crippen molar-refractivity contribution in [1.29, 1.82) is 0 Å². The van der Waals surface area contributed by atoms with Crippen LogP contribution in [0.15, 0.2) is 48.5 Å². The minimum Gasteiger partial charge on any atom is -0.465 e. The minimum absolute atomic E-state index is 0.347. The van der Waals surface area contributed by atoms with Crippen molar-refractivity contribution in [3.63, 3.8) is 0 Å². The van der Waals surface area contributed by atoms with Gasteiger partial charge in [-0.25, -0.2) is 9.59 Å². The third-order valence-corrected chi connectivity index (χ3v) is 3.34. The Kier molecular flexibility index (Phi) is 6.11. The number of amides is 1. The molecule has 130 valence electrons. The summed E-state index contributed by atoms with van der Waals surface area (Å²) in [6.45, 7) is -0.421. The van der Waals surface area contributed by atoms with E-state index in [0.29, 0.717) is 22.5 Å². The average molecular weight is 342 g/mol. The van der Waals surface area contributed by atoms with Crippen LogP contribution in [0.3, 0.4) is 0 Å². The fraction of sp³-hybridized carbons (Fsp3) is 0.167. The van der Waals surface area contributed by atoms with E-state index < -0.39 is 24.5 Å². The Morgan fingerprint density at radius 3 is 2.28 bits per heavy atom. The number of esters is 2. The van der Waals surface area contributed by atoms with E-state index in [1.165, 1.54) is 19.2 Å². The SMILES string of the molecule is CNc1ccccc1C(=O)OCC(=O)Nc1ccc(C(=O)OC)cc1. The lowest BCUT2D eigenvalue weighted by Crippen LogP contribution is -2.21. The van der Waals surface area contributed by atoms with Crippen molar-refractivity contribution in [3.05, 3.63) is 59.7 Å². The number of methoxy groups -OCH3 is 1. The summed E-state index contributed by atoms with van der Waals surface area (Å²) in [5.41, 5.74) is 1.81. The molecule has 0 heterocycles. The Labute approximate surface area is 144 Å². The summed E-state index contributed by atoms with van der Waals surface area (Å²) in [6.07, 6.45) is 0. The molecule has 1 amide bonds. The summed E-state index contributed by atoms with van der Waals surface area (Å²) in [4.78, 5) is 35.3. The van der Waals surface area contributed by atoms with E-state index in [4.69, 9.17) is 4.74 Å². The van der Waals surface area contributed by atoms with Crippen molar-refractivity contribution in [2.45, 2.75) is 0 Å². The Morgan fingerprint density at radius 2 is 1.64 bits per heavy atom. The van der Waals surface area contributed by atoms with Gasteiger partial charge in [-0.1, -0.05) is 12.1 Å². The van der Waals surface area contributed by atoms with Gasteiger partial charge in [-0.15, -0.1) is 0 Å². The third kappa shape index (κ3) is 4.81. The highest BCUT2D eigenvalue weighted by atomic mass is 16.5. The maximum atomic E-state index is 12.0. The molecule has 2 aromatic carbocycles. The maximum absolute atomic E-state index is 12.0. The molecule has 2 N–H and O–H groups in total. The molecule has 0 saturated carbocycles. The third-order valence-electron chi connectivity index (χ3n) is 3.34. The Hall–Kier alpha value is -3.35. The first-order chi connectivity index (χ1) is 12.0. The molecule has 0 radical (unpaired) electrons. The quantitative estimate of drug-likeness (QED) is 0.783. The van der Waals surface area contributed by atoms with Gasteiger partial charge in [0.25, 0.3) is 5.91 Å². The number of anilines is 2. The highest BCUT2D eigenvalue weighted by Gasteiger charge is 2.14. The normalized spacial score (nSPS) is 9.84. The standard InChI is InChI=1S/C18H18N2O5/c1-19-15-6-4-3-5-14(15)18(23)25-11-16(21)20-13-9-7-12(8-10-13)17(22)24-2/h3-10,19H,11H2,1-2H3,(H,20,21). The molecule has 7 nitrogen and oxygen atoms in total. The zero-order chi connectivity index (χ0) is 18.2. The molecular weight excluding hydrogens is 324 g/mol. The summed E-state index contributed by atoms with van der Waals surface area (Å²) in [6, 6.07) is 13.0. The lowest BCUT2D eigenvalue weighted by atomic mass is 10.2. The van der Waals surface area contributed by atoms with Gasteiger partial charge in [0.15, 0.2) is 6.61 Å². The molecule has 0 aliphatic carbocycles. The summed E-state index contributed by atoms with van der Waals surface area (Å²) < 4.78 is 9.61. The molecule has 2 aromatic rings. The van der Waals surface area contributed by atoms with Gasteiger partial charge in [0.1, 0.15) is 0 Å². The van der Waals surface area contributed by atoms with E-state index in [1.54, 1.807) is 43.4 Å². The molecule has 0 saturated heterocycles. The van der Waals surface area contributed by atoms with E-state index in [-0.39, 0.29) is 0 Å². The second-order valence-electron chi connectivity index (χ2n) is 4.99. The maximum Gasteiger partial charge on any atom is 0.340 e. The lowest BCUT2D eigenvalue weighted by molar-refractivity contribution is -0.119. The number of hydrogen-bond donors (Lipinski definition) is 2. The van der Waals surface area contributed by atoms with Gasteiger partial charge in [-0.3, -0.25) is 4.79 Å². The van der Waals surface area contributed by atoms with Gasteiger partial charge in [0.2, 0.25) is 0 Å². The van der Waals surface area contributed by atoms with E-state index in [9.17, 15) is 14.4 Å². The molecule has 7 heteroatoms. The lowest BCUT2D eigenvalue weighted by Gasteiger charge is -2.09. The first kappa shape index (κ1) is 18.0. The monoisotopic (exact) mass is 342 g/mol. The van der Waals surface area contributed by atoms with Crippen LogP contribution in [0.2, 0.25) is 0 Å². The Morgan fingerprint density at radius 1 is 0.960 bits per heavy atom. The van der Waals surface area contributed by atoms with Crippen LogP contribution >= 0.6 is 0 Å². The summed E-state index contributed by atoms with van der Waals surface area (Å²) >= 11 is 0. The molecule has 0 aliphatic heterocycles. The van der Waals surface area contributed by atoms with Crippen LogP contribution in [-0.4, -0.2) is 38.6 Å². The van der Waals surface area contributed by atoms with Crippen LogP contribution in [0.25, 0.3) is 0 Å². The fourth-order valence-electron chi connectivity index (χ4n) is 2.09. The molecule has 0 bridgehead atoms. The van der Waals surface area contributed by atoms with Crippen molar-refractivity contribution in [1.82, 2.24) is 0 Å². The zero-order valence-electron chi connectivity index (χ0n) is 13.9. The summed E-state index contributed by atoms with van der Waals surface area (Å²) in [7, 11) is 2.98. The van der Waals surface area contributed by atoms with Gasteiger partial charge in [0.05, 0.1) is 18.2 Å². The highest BCUT2D eigenvalue weighted by Crippen LogP contribution is 2.15. The molecule has 0 unspecified atom stereocenters. The smallest absolute Gasteiger partial charge is 0.340 e. The number of para-hydroxylation sites is 1. The number of carbonyl (C=O) groups excluding carboxylic acids is 3. The molecule has 0 atom stereocenters. The van der Waals surface area contributed by atoms with Gasteiger partial charge in [-0.2, -0.15) is 0 Å². The van der Waals surface area contributed by atoms with Crippen molar-refractivity contribution in [2.75, 3.05) is 31.4 Å². The molecule has 25 heavy (non-hydrogen) atoms. The first-order valence-corrected chi connectivity index (χ1v) is 7.47. The Bertz CT molecular complexity index is 771. The summed E-state index contributed by atoms with van der Waals surface area (Å²) in [5.74, 6) is -1.54. The van der Waals surface area contributed by atoms with Crippen molar-refractivity contribution < 1.29 is 23.9 Å². The average Bonchev–Trinajstić information content (AvgIpc) is 2.66. The van der Waals surface area contributed by atoms with Gasteiger partial charge in [-0.05, 0) is 36.4 Å². The van der Waals surface area contributed by atoms with Gasteiger partial charge >= 0.3 is 11.9 Å². The van der Waals surface area contributed by atoms with Crippen molar-refractivity contribution in [2.24, 2.45) is 0 Å². The predicted octanol–water partition coefficient (Wildman–Crippen LogP) is 2.31. The van der Waals surface area contributed by atoms with Crippen LogP contribution in [0.1, 0.15) is 20.7 Å². The van der Waals surface area contributed by atoms with Crippen LogP contribution in [0.5, 0.6) is 0 Å². The molecule has 0 aromatic heterocycles. The highest BCUT2D eigenvalue weighted by molar-refractivity contribution is 5.98. The van der Waals surface area contributed by atoms with Crippen LogP contribution in [0.4, 0.5) is 11.4 Å². The minimum atomic E-state index is -0.596. The second kappa shape index (κ2) is 8.49. The van der Waals surface area contributed by atoms with E-state index in [2.05, 4.69) is 15.4 Å². The number of rotatable bonds is 6. The molecule has 0 aliphatic rings. The molecule has 0 spiro atoms. The predicted molar refractivity (Wildman–Crippen MR) is 92.7 cm³/mol. The van der Waals surface area contributed by atoms with Crippen molar-refractivity contribution in [3.8, 4) is 0 Å². The van der Waals surface area contributed by atoms with E-state index in [0.717, 1.165) is 0 Å². The molecular formula is C18H18N2O5. The first-order valence-electron chi connectivity index (χ1n) is 7.47. The van der Waals surface area contributed by atoms with E-state index >= 15 is 0 Å². The molecule has 0 fully saturated rings. The number of benzene rings is 2. The van der Waals surface area contributed by atoms with Crippen LogP contribution in [-0.2, 0) is 14.3 Å². The number of carbonyl (C=O) groups is 3. The van der Waals surface area contributed by atoms with Gasteiger partial charge < -0.3 is 20.1 Å².